The molecule has 0 saturated heterocycles. The molecule has 17 heavy (non-hydrogen) atoms. The zero-order valence-electron chi connectivity index (χ0n) is 11.5. The van der Waals surface area contributed by atoms with Crippen LogP contribution in [0.5, 0.6) is 0 Å². The summed E-state index contributed by atoms with van der Waals surface area (Å²) < 4.78 is 0. The van der Waals surface area contributed by atoms with E-state index in [-0.39, 0.29) is 6.54 Å². The van der Waals surface area contributed by atoms with Crippen molar-refractivity contribution in [2.75, 3.05) is 13.1 Å². The molecule has 0 aromatic heterocycles. The third-order valence-corrected chi connectivity index (χ3v) is 4.00. The van der Waals surface area contributed by atoms with Crippen LogP contribution in [0.15, 0.2) is 0 Å². The van der Waals surface area contributed by atoms with E-state index < -0.39 is 5.97 Å². The Morgan fingerprint density at radius 1 is 1.41 bits per heavy atom. The first kappa shape index (κ1) is 14.5. The van der Waals surface area contributed by atoms with Gasteiger partial charge in [0.2, 0.25) is 0 Å². The van der Waals surface area contributed by atoms with Gasteiger partial charge >= 0.3 is 5.97 Å². The second kappa shape index (κ2) is 7.00. The first-order valence-corrected chi connectivity index (χ1v) is 7.00. The van der Waals surface area contributed by atoms with Crippen LogP contribution in [0.25, 0.3) is 0 Å². The molecule has 1 aliphatic rings. The lowest BCUT2D eigenvalue weighted by atomic mass is 9.79. The van der Waals surface area contributed by atoms with Gasteiger partial charge in [0.05, 0.1) is 6.54 Å². The van der Waals surface area contributed by atoms with Crippen LogP contribution in [0.4, 0.5) is 0 Å². The number of hydrogen-bond acceptors (Lipinski definition) is 2. The molecule has 1 saturated carbocycles. The molecule has 3 heteroatoms. The van der Waals surface area contributed by atoms with Crippen molar-refractivity contribution in [3.63, 3.8) is 0 Å². The predicted octanol–water partition coefficient (Wildman–Crippen LogP) is 3.00. The van der Waals surface area contributed by atoms with Gasteiger partial charge in [0.15, 0.2) is 0 Å². The minimum absolute atomic E-state index is 0.212. The second-order valence-electron chi connectivity index (χ2n) is 5.69. The molecule has 0 aromatic rings. The number of carboxylic acids is 1. The van der Waals surface area contributed by atoms with E-state index in [9.17, 15) is 4.79 Å². The molecule has 1 aliphatic carbocycles. The fourth-order valence-electron chi connectivity index (χ4n) is 2.99. The Morgan fingerprint density at radius 2 is 2.12 bits per heavy atom. The quantitative estimate of drug-likeness (QED) is 0.777. The highest BCUT2D eigenvalue weighted by Crippen LogP contribution is 2.32. The highest BCUT2D eigenvalue weighted by atomic mass is 16.4. The number of nitrogens with zero attached hydrogens (tertiary/aromatic N) is 1. The fraction of sp³-hybridized carbons (Fsp3) is 0.929. The van der Waals surface area contributed by atoms with Crippen molar-refractivity contribution < 1.29 is 9.90 Å². The molecule has 3 nitrogen and oxygen atoms in total. The Bertz CT molecular complexity index is 240. The van der Waals surface area contributed by atoms with Crippen LogP contribution in [-0.2, 0) is 4.79 Å². The summed E-state index contributed by atoms with van der Waals surface area (Å²) in [6.45, 7) is 7.82. The predicted molar refractivity (Wildman–Crippen MR) is 70.1 cm³/mol. The lowest BCUT2D eigenvalue weighted by Gasteiger charge is -2.38. The van der Waals surface area contributed by atoms with Crippen LogP contribution in [0, 0.1) is 11.8 Å². The summed E-state index contributed by atoms with van der Waals surface area (Å²) in [4.78, 5) is 13.1. The lowest BCUT2D eigenvalue weighted by molar-refractivity contribution is -0.139. The van der Waals surface area contributed by atoms with Crippen LogP contribution < -0.4 is 0 Å². The van der Waals surface area contributed by atoms with Crippen LogP contribution in [-0.4, -0.2) is 35.1 Å². The Labute approximate surface area is 105 Å². The van der Waals surface area contributed by atoms with E-state index in [1.807, 2.05) is 0 Å². The number of rotatable bonds is 6. The smallest absolute Gasteiger partial charge is 0.317 e. The SMILES string of the molecule is CCCN(CC(=O)O)C1CCCC(C(C)C)C1. The Balaban J connectivity index is 2.56. The minimum Gasteiger partial charge on any atom is -0.480 e. The first-order valence-electron chi connectivity index (χ1n) is 7.00. The van der Waals surface area contributed by atoms with Crippen molar-refractivity contribution in [2.45, 2.75) is 58.9 Å². The van der Waals surface area contributed by atoms with Gasteiger partial charge in [-0.15, -0.1) is 0 Å². The normalized spacial score (nSPS) is 25.5. The average Bonchev–Trinajstić information content (AvgIpc) is 2.28. The zero-order chi connectivity index (χ0) is 12.8. The van der Waals surface area contributed by atoms with Gasteiger partial charge in [0, 0.05) is 6.04 Å². The van der Waals surface area contributed by atoms with E-state index in [1.165, 1.54) is 25.7 Å². The molecule has 1 N–H and O–H groups in total. The summed E-state index contributed by atoms with van der Waals surface area (Å²) in [6.07, 6.45) is 5.98. The summed E-state index contributed by atoms with van der Waals surface area (Å²) in [5.41, 5.74) is 0. The highest BCUT2D eigenvalue weighted by molar-refractivity contribution is 5.69. The standard InChI is InChI=1S/C14H27NO2/c1-4-8-15(10-14(16)17)13-7-5-6-12(9-13)11(2)3/h11-13H,4-10H2,1-3H3,(H,16,17). The summed E-state index contributed by atoms with van der Waals surface area (Å²) in [5.74, 6) is 0.818. The minimum atomic E-state index is -0.690. The molecule has 0 heterocycles. The molecule has 2 atom stereocenters. The Morgan fingerprint density at radius 3 is 2.65 bits per heavy atom. The number of carbonyl (C=O) groups is 1. The van der Waals surface area contributed by atoms with E-state index in [4.69, 9.17) is 5.11 Å². The maximum Gasteiger partial charge on any atom is 0.317 e. The summed E-state index contributed by atoms with van der Waals surface area (Å²) >= 11 is 0. The molecule has 1 fully saturated rings. The van der Waals surface area contributed by atoms with Crippen LogP contribution >= 0.6 is 0 Å². The summed E-state index contributed by atoms with van der Waals surface area (Å²) in [5, 5.41) is 8.97. The zero-order valence-corrected chi connectivity index (χ0v) is 11.5. The van der Waals surface area contributed by atoms with Crippen molar-refractivity contribution in [3.8, 4) is 0 Å². The molecular weight excluding hydrogens is 214 g/mol. The van der Waals surface area contributed by atoms with Gasteiger partial charge in [-0.1, -0.05) is 33.6 Å². The fourth-order valence-corrected chi connectivity index (χ4v) is 2.99. The first-order chi connectivity index (χ1) is 8.04. The van der Waals surface area contributed by atoms with Crippen molar-refractivity contribution in [2.24, 2.45) is 11.8 Å². The molecule has 0 spiro atoms. The van der Waals surface area contributed by atoms with E-state index >= 15 is 0 Å². The van der Waals surface area contributed by atoms with Crippen molar-refractivity contribution in [1.29, 1.82) is 0 Å². The average molecular weight is 241 g/mol. The summed E-state index contributed by atoms with van der Waals surface area (Å²) in [7, 11) is 0. The highest BCUT2D eigenvalue weighted by Gasteiger charge is 2.28. The Hall–Kier alpha value is -0.570. The van der Waals surface area contributed by atoms with Crippen LogP contribution in [0.3, 0.4) is 0 Å². The molecule has 0 radical (unpaired) electrons. The molecule has 100 valence electrons. The number of aliphatic carboxylic acids is 1. The van der Waals surface area contributed by atoms with E-state index in [1.54, 1.807) is 0 Å². The van der Waals surface area contributed by atoms with Gasteiger partial charge in [-0.3, -0.25) is 9.69 Å². The molecule has 0 amide bonds. The monoisotopic (exact) mass is 241 g/mol. The topological polar surface area (TPSA) is 40.5 Å². The molecule has 1 rings (SSSR count). The van der Waals surface area contributed by atoms with Crippen LogP contribution in [0.2, 0.25) is 0 Å². The van der Waals surface area contributed by atoms with E-state index in [0.717, 1.165) is 24.8 Å². The van der Waals surface area contributed by atoms with Gasteiger partial charge < -0.3 is 5.11 Å². The van der Waals surface area contributed by atoms with Crippen LogP contribution in [0.1, 0.15) is 52.9 Å². The van der Waals surface area contributed by atoms with Crippen molar-refractivity contribution in [1.82, 2.24) is 4.90 Å². The van der Waals surface area contributed by atoms with Gasteiger partial charge in [-0.25, -0.2) is 0 Å². The molecule has 0 aliphatic heterocycles. The van der Waals surface area contributed by atoms with Gasteiger partial charge in [-0.05, 0) is 37.6 Å². The largest absolute Gasteiger partial charge is 0.480 e. The van der Waals surface area contributed by atoms with Gasteiger partial charge in [0.1, 0.15) is 0 Å². The number of carboxylic acid groups (broad SMARTS) is 1. The van der Waals surface area contributed by atoms with Crippen molar-refractivity contribution >= 4 is 5.97 Å². The molecule has 0 aromatic carbocycles. The molecule has 2 unspecified atom stereocenters. The maximum absolute atomic E-state index is 10.9. The maximum atomic E-state index is 10.9. The van der Waals surface area contributed by atoms with E-state index in [2.05, 4.69) is 25.7 Å². The Kier molecular flexibility index (Phi) is 5.96. The molecule has 0 bridgehead atoms. The third-order valence-electron chi connectivity index (χ3n) is 4.00. The van der Waals surface area contributed by atoms with Crippen molar-refractivity contribution in [3.05, 3.63) is 0 Å². The molecular formula is C14H27NO2. The summed E-state index contributed by atoms with van der Waals surface area (Å²) in [6, 6.07) is 0.493. The third kappa shape index (κ3) is 4.66. The lowest BCUT2D eigenvalue weighted by Crippen LogP contribution is -2.42. The number of hydrogen-bond donors (Lipinski definition) is 1. The second-order valence-corrected chi connectivity index (χ2v) is 5.69. The van der Waals surface area contributed by atoms with Gasteiger partial charge in [0.25, 0.3) is 0 Å². The van der Waals surface area contributed by atoms with E-state index in [0.29, 0.717) is 6.04 Å². The van der Waals surface area contributed by atoms with Gasteiger partial charge in [-0.2, -0.15) is 0 Å².